The average Bonchev–Trinajstić information content (AvgIpc) is 3.15. The molecule has 0 saturated carbocycles. The van der Waals surface area contributed by atoms with Crippen molar-refractivity contribution in [1.29, 1.82) is 0 Å². The van der Waals surface area contributed by atoms with Crippen LogP contribution in [0.5, 0.6) is 5.75 Å². The van der Waals surface area contributed by atoms with Crippen LogP contribution >= 0.6 is 11.3 Å². The van der Waals surface area contributed by atoms with E-state index in [2.05, 4.69) is 15.5 Å². The number of nitrogens with one attached hydrogen (secondary N) is 1. The summed E-state index contributed by atoms with van der Waals surface area (Å²) >= 11 is 1.44. The lowest BCUT2D eigenvalue weighted by molar-refractivity contribution is -0.124. The second kappa shape index (κ2) is 7.16. The number of phenolic OH excluding ortho intramolecular Hbond substituents is 1. The van der Waals surface area contributed by atoms with E-state index in [1.165, 1.54) is 11.3 Å². The molecule has 2 aromatic rings. The van der Waals surface area contributed by atoms with Gasteiger partial charge in [0.05, 0.1) is 33.7 Å². The summed E-state index contributed by atoms with van der Waals surface area (Å²) in [5.74, 6) is -0.773. The minimum absolute atomic E-state index is 0.0533. The van der Waals surface area contributed by atoms with Crippen molar-refractivity contribution >= 4 is 32.8 Å². The van der Waals surface area contributed by atoms with Crippen LogP contribution in [0, 0.1) is 12.8 Å². The molecule has 1 amide bonds. The molecule has 138 valence electrons. The van der Waals surface area contributed by atoms with Gasteiger partial charge in [0, 0.05) is 5.56 Å². The fourth-order valence-corrected chi connectivity index (χ4v) is 5.50. The van der Waals surface area contributed by atoms with Crippen molar-refractivity contribution in [2.75, 3.05) is 11.5 Å². The normalized spacial score (nSPS) is 19.5. The number of phenols is 1. The summed E-state index contributed by atoms with van der Waals surface area (Å²) in [5, 5.41) is 14.3. The highest BCUT2D eigenvalue weighted by Gasteiger charge is 2.32. The lowest BCUT2D eigenvalue weighted by Gasteiger charge is -2.06. The van der Waals surface area contributed by atoms with E-state index in [-0.39, 0.29) is 23.2 Å². The summed E-state index contributed by atoms with van der Waals surface area (Å²) in [6, 6.07) is 6.77. The third-order valence-corrected chi connectivity index (χ3v) is 7.26. The van der Waals surface area contributed by atoms with Gasteiger partial charge in [0.1, 0.15) is 10.8 Å². The summed E-state index contributed by atoms with van der Waals surface area (Å²) < 4.78 is 22.9. The molecule has 1 fully saturated rings. The van der Waals surface area contributed by atoms with E-state index in [0.717, 1.165) is 21.1 Å². The van der Waals surface area contributed by atoms with Crippen LogP contribution in [-0.4, -0.2) is 41.6 Å². The van der Waals surface area contributed by atoms with Crippen LogP contribution in [0.3, 0.4) is 0 Å². The molecule has 1 aliphatic rings. The van der Waals surface area contributed by atoms with Crippen LogP contribution in [-0.2, 0) is 14.6 Å². The van der Waals surface area contributed by atoms with Crippen molar-refractivity contribution in [3.05, 3.63) is 34.8 Å². The second-order valence-corrected chi connectivity index (χ2v) is 9.48. The van der Waals surface area contributed by atoms with Gasteiger partial charge in [-0.25, -0.2) is 18.8 Å². The summed E-state index contributed by atoms with van der Waals surface area (Å²) in [6.07, 6.45) is 0.341. The number of nitrogens with zero attached hydrogens (tertiary/aromatic N) is 2. The highest BCUT2D eigenvalue weighted by molar-refractivity contribution is 7.91. The van der Waals surface area contributed by atoms with Crippen molar-refractivity contribution in [2.45, 2.75) is 20.3 Å². The van der Waals surface area contributed by atoms with E-state index < -0.39 is 15.8 Å². The molecule has 2 N–H and O–H groups in total. The van der Waals surface area contributed by atoms with Gasteiger partial charge in [0.2, 0.25) is 5.91 Å². The standard InChI is InChI=1S/C17H19N3O4S2/c1-10-15(25-17(18-10)12-3-5-14(21)6-4-12)11(2)19-20-16(22)13-7-8-26(23,24)9-13/h3-6,13,21H,7-9H2,1-2H3,(H,20,22)/b19-11+/t13-/m0/s1. The van der Waals surface area contributed by atoms with Gasteiger partial charge >= 0.3 is 0 Å². The van der Waals surface area contributed by atoms with E-state index in [1.54, 1.807) is 31.2 Å². The van der Waals surface area contributed by atoms with Crippen LogP contribution in [0.1, 0.15) is 23.9 Å². The number of aromatic hydroxyl groups is 1. The number of rotatable bonds is 4. The number of hydrazone groups is 1. The molecule has 1 atom stereocenters. The number of amides is 1. The first-order valence-electron chi connectivity index (χ1n) is 8.07. The number of thiazole rings is 1. The van der Waals surface area contributed by atoms with Crippen LogP contribution in [0.2, 0.25) is 0 Å². The average molecular weight is 393 g/mol. The topological polar surface area (TPSA) is 109 Å². The van der Waals surface area contributed by atoms with Gasteiger partial charge in [0.15, 0.2) is 9.84 Å². The second-order valence-electron chi connectivity index (χ2n) is 6.25. The maximum absolute atomic E-state index is 12.1. The zero-order valence-corrected chi connectivity index (χ0v) is 16.0. The van der Waals surface area contributed by atoms with Crippen molar-refractivity contribution in [3.63, 3.8) is 0 Å². The molecule has 26 heavy (non-hydrogen) atoms. The molecule has 0 spiro atoms. The molecule has 0 radical (unpaired) electrons. The number of aromatic nitrogens is 1. The van der Waals surface area contributed by atoms with Crippen LogP contribution < -0.4 is 5.43 Å². The first-order chi connectivity index (χ1) is 12.2. The molecular formula is C17H19N3O4S2. The summed E-state index contributed by atoms with van der Waals surface area (Å²) in [7, 11) is -3.10. The first-order valence-corrected chi connectivity index (χ1v) is 10.7. The minimum Gasteiger partial charge on any atom is -0.508 e. The zero-order chi connectivity index (χ0) is 18.9. The molecule has 1 aromatic heterocycles. The Morgan fingerprint density at radius 2 is 2.04 bits per heavy atom. The fraction of sp³-hybridized carbons (Fsp3) is 0.353. The SMILES string of the molecule is C/C(=N\NC(=O)[C@H]1CCS(=O)(=O)C1)c1sc(-c2ccc(O)cc2)nc1C. The maximum atomic E-state index is 12.1. The highest BCUT2D eigenvalue weighted by Crippen LogP contribution is 2.29. The third-order valence-electron chi connectivity index (χ3n) is 4.18. The summed E-state index contributed by atoms with van der Waals surface area (Å²) in [4.78, 5) is 17.5. The van der Waals surface area contributed by atoms with Crippen molar-refractivity contribution in [1.82, 2.24) is 10.4 Å². The summed E-state index contributed by atoms with van der Waals surface area (Å²) in [6.45, 7) is 3.63. The Morgan fingerprint density at radius 1 is 1.35 bits per heavy atom. The largest absolute Gasteiger partial charge is 0.508 e. The lowest BCUT2D eigenvalue weighted by atomic mass is 10.1. The Balaban J connectivity index is 1.73. The number of benzene rings is 1. The van der Waals surface area contributed by atoms with Gasteiger partial charge in [0.25, 0.3) is 0 Å². The summed E-state index contributed by atoms with van der Waals surface area (Å²) in [5.41, 5.74) is 4.76. The number of sulfone groups is 1. The fourth-order valence-electron chi connectivity index (χ4n) is 2.74. The Kier molecular flexibility index (Phi) is 5.10. The van der Waals surface area contributed by atoms with E-state index in [0.29, 0.717) is 12.1 Å². The number of carbonyl (C=O) groups is 1. The Labute approximate surface area is 155 Å². The number of carbonyl (C=O) groups excluding carboxylic acids is 1. The number of aryl methyl sites for hydroxylation is 1. The maximum Gasteiger partial charge on any atom is 0.244 e. The minimum atomic E-state index is -3.10. The van der Waals surface area contributed by atoms with Gasteiger partial charge in [-0.3, -0.25) is 4.79 Å². The molecule has 0 aliphatic carbocycles. The Morgan fingerprint density at radius 3 is 2.65 bits per heavy atom. The molecular weight excluding hydrogens is 374 g/mol. The number of hydrogen-bond acceptors (Lipinski definition) is 7. The molecule has 0 unspecified atom stereocenters. The van der Waals surface area contributed by atoms with Crippen molar-refractivity contribution < 1.29 is 18.3 Å². The molecule has 0 bridgehead atoms. The predicted molar refractivity (Wildman–Crippen MR) is 101 cm³/mol. The molecule has 1 aliphatic heterocycles. The molecule has 1 aromatic carbocycles. The molecule has 9 heteroatoms. The van der Waals surface area contributed by atoms with Crippen LogP contribution in [0.4, 0.5) is 0 Å². The van der Waals surface area contributed by atoms with Crippen molar-refractivity contribution in [3.8, 4) is 16.3 Å². The molecule has 2 heterocycles. The quantitative estimate of drug-likeness (QED) is 0.611. The molecule has 3 rings (SSSR count). The Bertz CT molecular complexity index is 962. The van der Waals surface area contributed by atoms with E-state index in [1.807, 2.05) is 6.92 Å². The predicted octanol–water partition coefficient (Wildman–Crippen LogP) is 2.10. The van der Waals surface area contributed by atoms with Gasteiger partial charge in [-0.2, -0.15) is 5.10 Å². The molecule has 7 nitrogen and oxygen atoms in total. The van der Waals surface area contributed by atoms with Crippen LogP contribution in [0.15, 0.2) is 29.4 Å². The highest BCUT2D eigenvalue weighted by atomic mass is 32.2. The molecule has 1 saturated heterocycles. The van der Waals surface area contributed by atoms with E-state index in [4.69, 9.17) is 0 Å². The number of hydrogen-bond donors (Lipinski definition) is 2. The smallest absolute Gasteiger partial charge is 0.244 e. The Hall–Kier alpha value is -2.26. The third kappa shape index (κ3) is 4.10. The van der Waals surface area contributed by atoms with Gasteiger partial charge < -0.3 is 5.11 Å². The van der Waals surface area contributed by atoms with E-state index in [9.17, 15) is 18.3 Å². The zero-order valence-electron chi connectivity index (χ0n) is 14.4. The van der Waals surface area contributed by atoms with E-state index >= 15 is 0 Å². The van der Waals surface area contributed by atoms with Gasteiger partial charge in [-0.05, 0) is 44.5 Å². The first kappa shape index (κ1) is 18.5. The van der Waals surface area contributed by atoms with Gasteiger partial charge in [-0.1, -0.05) is 0 Å². The lowest BCUT2D eigenvalue weighted by Crippen LogP contribution is -2.28. The van der Waals surface area contributed by atoms with Crippen LogP contribution in [0.25, 0.3) is 10.6 Å². The van der Waals surface area contributed by atoms with Gasteiger partial charge in [-0.15, -0.1) is 11.3 Å². The van der Waals surface area contributed by atoms with Crippen molar-refractivity contribution in [2.24, 2.45) is 11.0 Å². The monoisotopic (exact) mass is 393 g/mol.